The molecular weight excluding hydrogens is 219 g/mol. The largest absolute Gasteiger partial charge is 0.496 e. The Bertz CT molecular complexity index is 333. The lowest BCUT2D eigenvalue weighted by Crippen LogP contribution is -2.02. The van der Waals surface area contributed by atoms with Crippen LogP contribution in [0.5, 0.6) is 5.75 Å². The first kappa shape index (κ1) is 11.1. The number of halogens is 4. The molecule has 0 aliphatic rings. The van der Waals surface area contributed by atoms with Gasteiger partial charge in [-0.05, 0) is 0 Å². The van der Waals surface area contributed by atoms with Crippen molar-refractivity contribution in [1.29, 1.82) is 0 Å². The second-order valence-electron chi connectivity index (χ2n) is 2.46. The van der Waals surface area contributed by atoms with E-state index in [0.29, 0.717) is 0 Å². The Labute approximate surface area is 83.7 Å². The quantitative estimate of drug-likeness (QED) is 0.583. The van der Waals surface area contributed by atoms with Crippen LogP contribution in [0.2, 0.25) is 0 Å². The van der Waals surface area contributed by atoms with Crippen LogP contribution in [-0.2, 0) is 5.88 Å². The van der Waals surface area contributed by atoms with Crippen LogP contribution < -0.4 is 4.74 Å². The zero-order chi connectivity index (χ0) is 10.7. The molecule has 0 aliphatic carbocycles. The van der Waals surface area contributed by atoms with Gasteiger partial charge in [0.15, 0.2) is 0 Å². The van der Waals surface area contributed by atoms with Crippen LogP contribution in [-0.4, -0.2) is 12.1 Å². The minimum Gasteiger partial charge on any atom is -0.496 e. The molecule has 0 radical (unpaired) electrons. The monoisotopic (exact) mass is 225 g/mol. The molecule has 6 heteroatoms. The summed E-state index contributed by atoms with van der Waals surface area (Å²) in [6.45, 7) is 0. The summed E-state index contributed by atoms with van der Waals surface area (Å²) >= 11 is 5.45. The SMILES string of the molecule is COc1c(CCl)cnc(F)c1C(F)F. The topological polar surface area (TPSA) is 22.1 Å². The number of nitrogens with zero attached hydrogens (tertiary/aromatic N) is 1. The van der Waals surface area contributed by atoms with Gasteiger partial charge in [0.2, 0.25) is 5.95 Å². The van der Waals surface area contributed by atoms with Crippen LogP contribution in [0.1, 0.15) is 17.6 Å². The van der Waals surface area contributed by atoms with Crippen LogP contribution >= 0.6 is 11.6 Å². The summed E-state index contributed by atoms with van der Waals surface area (Å²) in [7, 11) is 1.18. The molecule has 14 heavy (non-hydrogen) atoms. The van der Waals surface area contributed by atoms with E-state index in [1.54, 1.807) is 0 Å². The molecule has 1 aromatic rings. The average Bonchev–Trinajstić information content (AvgIpc) is 2.16. The molecule has 0 aliphatic heterocycles. The second-order valence-corrected chi connectivity index (χ2v) is 2.72. The Morgan fingerprint density at radius 2 is 2.21 bits per heavy atom. The smallest absolute Gasteiger partial charge is 0.271 e. The molecule has 0 saturated heterocycles. The number of hydrogen-bond donors (Lipinski definition) is 0. The van der Waals surface area contributed by atoms with E-state index in [0.717, 1.165) is 6.20 Å². The number of hydrogen-bond acceptors (Lipinski definition) is 2. The molecule has 0 spiro atoms. The van der Waals surface area contributed by atoms with Gasteiger partial charge in [0.05, 0.1) is 13.0 Å². The van der Waals surface area contributed by atoms with Crippen molar-refractivity contribution in [3.05, 3.63) is 23.3 Å². The van der Waals surface area contributed by atoms with E-state index in [2.05, 4.69) is 9.72 Å². The fourth-order valence-corrected chi connectivity index (χ4v) is 1.25. The molecule has 2 nitrogen and oxygen atoms in total. The highest BCUT2D eigenvalue weighted by Crippen LogP contribution is 2.33. The van der Waals surface area contributed by atoms with E-state index in [1.165, 1.54) is 7.11 Å². The summed E-state index contributed by atoms with van der Waals surface area (Å²) in [5, 5.41) is 0. The molecule has 1 heterocycles. The number of pyridine rings is 1. The Balaban J connectivity index is 3.35. The van der Waals surface area contributed by atoms with Crippen molar-refractivity contribution < 1.29 is 17.9 Å². The van der Waals surface area contributed by atoms with E-state index in [-0.39, 0.29) is 17.2 Å². The third-order valence-corrected chi connectivity index (χ3v) is 1.95. The first-order chi connectivity index (χ1) is 6.61. The summed E-state index contributed by atoms with van der Waals surface area (Å²) in [5.74, 6) is -1.52. The maximum absolute atomic E-state index is 12.9. The first-order valence-electron chi connectivity index (χ1n) is 3.67. The number of methoxy groups -OCH3 is 1. The molecular formula is C8H7ClF3NO. The molecule has 1 rings (SSSR count). The highest BCUT2D eigenvalue weighted by Gasteiger charge is 2.23. The van der Waals surface area contributed by atoms with Gasteiger partial charge in [0.1, 0.15) is 11.3 Å². The Morgan fingerprint density at radius 1 is 1.57 bits per heavy atom. The molecule has 0 bridgehead atoms. The van der Waals surface area contributed by atoms with E-state index in [9.17, 15) is 13.2 Å². The lowest BCUT2D eigenvalue weighted by molar-refractivity contribution is 0.140. The van der Waals surface area contributed by atoms with Crippen molar-refractivity contribution in [3.8, 4) is 5.75 Å². The molecule has 0 fully saturated rings. The molecule has 0 atom stereocenters. The number of alkyl halides is 3. The van der Waals surface area contributed by atoms with Gasteiger partial charge < -0.3 is 4.74 Å². The minimum absolute atomic E-state index is 0.0594. The molecule has 0 saturated carbocycles. The first-order valence-corrected chi connectivity index (χ1v) is 4.20. The maximum atomic E-state index is 12.9. The summed E-state index contributed by atoms with van der Waals surface area (Å²) < 4.78 is 42.3. The van der Waals surface area contributed by atoms with Gasteiger partial charge in [-0.3, -0.25) is 0 Å². The van der Waals surface area contributed by atoms with Gasteiger partial charge in [-0.2, -0.15) is 4.39 Å². The minimum atomic E-state index is -2.97. The third kappa shape index (κ3) is 1.92. The highest BCUT2D eigenvalue weighted by molar-refractivity contribution is 6.17. The zero-order valence-corrected chi connectivity index (χ0v) is 7.99. The average molecular weight is 226 g/mol. The van der Waals surface area contributed by atoms with Crippen molar-refractivity contribution in [1.82, 2.24) is 4.98 Å². The van der Waals surface area contributed by atoms with Crippen molar-refractivity contribution in [3.63, 3.8) is 0 Å². The summed E-state index contributed by atoms with van der Waals surface area (Å²) in [6.07, 6.45) is -1.90. The van der Waals surface area contributed by atoms with Gasteiger partial charge in [0.25, 0.3) is 6.43 Å². The molecule has 0 aromatic carbocycles. The van der Waals surface area contributed by atoms with Crippen LogP contribution in [0.25, 0.3) is 0 Å². The van der Waals surface area contributed by atoms with Gasteiger partial charge in [-0.15, -0.1) is 11.6 Å². The van der Waals surface area contributed by atoms with Crippen molar-refractivity contribution in [2.75, 3.05) is 7.11 Å². The predicted octanol–water partition coefficient (Wildman–Crippen LogP) is 2.91. The molecule has 78 valence electrons. The zero-order valence-electron chi connectivity index (χ0n) is 7.23. The van der Waals surface area contributed by atoms with E-state index in [4.69, 9.17) is 11.6 Å². The fraction of sp³-hybridized carbons (Fsp3) is 0.375. The van der Waals surface area contributed by atoms with Crippen molar-refractivity contribution >= 4 is 11.6 Å². The summed E-state index contributed by atoms with van der Waals surface area (Å²) in [6, 6.07) is 0. The van der Waals surface area contributed by atoms with Gasteiger partial charge in [0, 0.05) is 11.8 Å². The number of aromatic nitrogens is 1. The Morgan fingerprint density at radius 3 is 2.64 bits per heavy atom. The molecule has 1 aromatic heterocycles. The van der Waals surface area contributed by atoms with Gasteiger partial charge >= 0.3 is 0 Å². The summed E-state index contributed by atoms with van der Waals surface area (Å²) in [4.78, 5) is 3.17. The number of ether oxygens (including phenoxy) is 1. The van der Waals surface area contributed by atoms with Gasteiger partial charge in [-0.1, -0.05) is 0 Å². The molecule has 0 N–H and O–H groups in total. The van der Waals surface area contributed by atoms with E-state index >= 15 is 0 Å². The normalized spacial score (nSPS) is 10.7. The standard InChI is InChI=1S/C8H7ClF3NO/c1-14-6-4(2-9)3-13-8(12)5(6)7(10)11/h3,7H,2H2,1H3. The third-order valence-electron chi connectivity index (χ3n) is 1.66. The lowest BCUT2D eigenvalue weighted by Gasteiger charge is -2.11. The fourth-order valence-electron chi connectivity index (χ4n) is 1.05. The van der Waals surface area contributed by atoms with Crippen LogP contribution in [0.15, 0.2) is 6.20 Å². The molecule has 0 amide bonds. The van der Waals surface area contributed by atoms with Crippen LogP contribution in [0.4, 0.5) is 13.2 Å². The van der Waals surface area contributed by atoms with E-state index < -0.39 is 17.9 Å². The highest BCUT2D eigenvalue weighted by atomic mass is 35.5. The Kier molecular flexibility index (Phi) is 3.57. The Hall–Kier alpha value is -0.970. The van der Waals surface area contributed by atoms with Gasteiger partial charge in [-0.25, -0.2) is 13.8 Å². The maximum Gasteiger partial charge on any atom is 0.271 e. The summed E-state index contributed by atoms with van der Waals surface area (Å²) in [5.41, 5.74) is -0.600. The van der Waals surface area contributed by atoms with E-state index in [1.807, 2.05) is 0 Å². The van der Waals surface area contributed by atoms with Crippen LogP contribution in [0, 0.1) is 5.95 Å². The van der Waals surface area contributed by atoms with Crippen molar-refractivity contribution in [2.24, 2.45) is 0 Å². The number of rotatable bonds is 3. The van der Waals surface area contributed by atoms with Crippen LogP contribution in [0.3, 0.4) is 0 Å². The lowest BCUT2D eigenvalue weighted by atomic mass is 10.2. The van der Waals surface area contributed by atoms with Crippen molar-refractivity contribution in [2.45, 2.75) is 12.3 Å². The predicted molar refractivity (Wildman–Crippen MR) is 45.3 cm³/mol. The molecule has 0 unspecified atom stereocenters. The second kappa shape index (κ2) is 4.50.